The van der Waals surface area contributed by atoms with Crippen LogP contribution in [0.4, 0.5) is 0 Å². The average molecular weight is 322 g/mol. The molecule has 1 fully saturated rings. The third kappa shape index (κ3) is 4.82. The number of piperidine rings is 1. The van der Waals surface area contributed by atoms with Crippen molar-refractivity contribution in [1.82, 2.24) is 10.2 Å². The molecular formula is C17H26N2O4. The van der Waals surface area contributed by atoms with Gasteiger partial charge in [0, 0.05) is 5.54 Å². The molecule has 1 aromatic heterocycles. The van der Waals surface area contributed by atoms with Gasteiger partial charge in [0.25, 0.3) is 0 Å². The fraction of sp³-hybridized carbons (Fsp3) is 0.647. The Kier molecular flexibility index (Phi) is 5.46. The number of furan rings is 1. The minimum atomic E-state index is -0.489. The summed E-state index contributed by atoms with van der Waals surface area (Å²) in [6.07, 6.45) is 2.95. The molecule has 0 bridgehead atoms. The highest BCUT2D eigenvalue weighted by Crippen LogP contribution is 2.21. The van der Waals surface area contributed by atoms with Crippen LogP contribution in [0.1, 0.15) is 56.3 Å². The number of nitrogens with zero attached hydrogens (tertiary/aromatic N) is 1. The summed E-state index contributed by atoms with van der Waals surface area (Å²) in [5, 5.41) is 3.05. The van der Waals surface area contributed by atoms with Crippen molar-refractivity contribution in [2.24, 2.45) is 0 Å². The molecule has 1 aromatic rings. The van der Waals surface area contributed by atoms with Crippen LogP contribution < -0.4 is 5.32 Å². The first-order valence-corrected chi connectivity index (χ1v) is 8.03. The highest BCUT2D eigenvalue weighted by Gasteiger charge is 2.31. The van der Waals surface area contributed by atoms with Gasteiger partial charge in [-0.2, -0.15) is 0 Å². The topological polar surface area (TPSA) is 71.8 Å². The first kappa shape index (κ1) is 17.5. The Morgan fingerprint density at radius 2 is 2.09 bits per heavy atom. The Balaban J connectivity index is 2.05. The second kappa shape index (κ2) is 7.17. The smallest absolute Gasteiger partial charge is 0.373 e. The van der Waals surface area contributed by atoms with Crippen molar-refractivity contribution in [3.63, 3.8) is 0 Å². The molecule has 1 N–H and O–H groups in total. The highest BCUT2D eigenvalue weighted by atomic mass is 16.5. The van der Waals surface area contributed by atoms with Crippen LogP contribution in [0.2, 0.25) is 0 Å². The summed E-state index contributed by atoms with van der Waals surface area (Å²) in [6, 6.07) is 3.21. The molecule has 0 spiro atoms. The van der Waals surface area contributed by atoms with Crippen LogP contribution in [-0.4, -0.2) is 42.0 Å². The van der Waals surface area contributed by atoms with Gasteiger partial charge in [-0.25, -0.2) is 4.79 Å². The molecule has 0 aliphatic carbocycles. The van der Waals surface area contributed by atoms with Gasteiger partial charge >= 0.3 is 5.97 Å². The van der Waals surface area contributed by atoms with Gasteiger partial charge in [0.1, 0.15) is 5.76 Å². The third-order valence-electron chi connectivity index (χ3n) is 3.82. The number of rotatable bonds is 4. The summed E-state index contributed by atoms with van der Waals surface area (Å²) in [7, 11) is 1.32. The van der Waals surface area contributed by atoms with Crippen LogP contribution in [0, 0.1) is 0 Å². The van der Waals surface area contributed by atoms with E-state index < -0.39 is 5.97 Å². The van der Waals surface area contributed by atoms with Crippen LogP contribution >= 0.6 is 0 Å². The molecule has 0 radical (unpaired) electrons. The zero-order valence-electron chi connectivity index (χ0n) is 14.3. The molecule has 1 atom stereocenters. The predicted molar refractivity (Wildman–Crippen MR) is 86.0 cm³/mol. The summed E-state index contributed by atoms with van der Waals surface area (Å²) >= 11 is 0. The van der Waals surface area contributed by atoms with Crippen molar-refractivity contribution in [3.8, 4) is 0 Å². The van der Waals surface area contributed by atoms with E-state index in [1.165, 1.54) is 7.11 Å². The molecular weight excluding hydrogens is 296 g/mol. The maximum atomic E-state index is 12.5. The number of amides is 1. The Morgan fingerprint density at radius 3 is 2.74 bits per heavy atom. The molecule has 2 heterocycles. The summed E-state index contributed by atoms with van der Waals surface area (Å²) in [5.74, 6) is 0.421. The zero-order valence-corrected chi connectivity index (χ0v) is 14.3. The normalized spacial score (nSPS) is 19.4. The molecule has 6 heteroatoms. The molecule has 1 amide bonds. The molecule has 0 saturated carbocycles. The lowest BCUT2D eigenvalue weighted by atomic mass is 9.99. The Morgan fingerprint density at radius 1 is 1.35 bits per heavy atom. The summed E-state index contributed by atoms with van der Waals surface area (Å²) < 4.78 is 10.2. The maximum Gasteiger partial charge on any atom is 0.373 e. The van der Waals surface area contributed by atoms with Gasteiger partial charge in [0.2, 0.25) is 11.7 Å². The van der Waals surface area contributed by atoms with E-state index in [9.17, 15) is 9.59 Å². The highest BCUT2D eigenvalue weighted by molar-refractivity contribution is 5.86. The number of esters is 1. The molecule has 23 heavy (non-hydrogen) atoms. The van der Waals surface area contributed by atoms with Crippen LogP contribution in [-0.2, 0) is 16.1 Å². The second-order valence-corrected chi connectivity index (χ2v) is 6.98. The number of methoxy groups -OCH3 is 1. The van der Waals surface area contributed by atoms with Crippen molar-refractivity contribution >= 4 is 11.9 Å². The van der Waals surface area contributed by atoms with Gasteiger partial charge in [-0.1, -0.05) is 6.42 Å². The maximum absolute atomic E-state index is 12.5. The molecule has 0 unspecified atom stereocenters. The van der Waals surface area contributed by atoms with Gasteiger partial charge in [-0.15, -0.1) is 0 Å². The van der Waals surface area contributed by atoms with E-state index in [-0.39, 0.29) is 23.2 Å². The Hall–Kier alpha value is -1.82. The quantitative estimate of drug-likeness (QED) is 0.862. The van der Waals surface area contributed by atoms with Crippen LogP contribution in [0.3, 0.4) is 0 Å². The number of nitrogens with one attached hydrogen (secondary N) is 1. The van der Waals surface area contributed by atoms with Gasteiger partial charge in [0.05, 0.1) is 19.7 Å². The van der Waals surface area contributed by atoms with E-state index >= 15 is 0 Å². The van der Waals surface area contributed by atoms with E-state index in [1.807, 2.05) is 20.8 Å². The first-order valence-electron chi connectivity index (χ1n) is 8.03. The molecule has 2 rings (SSSR count). The van der Waals surface area contributed by atoms with Crippen molar-refractivity contribution in [2.75, 3.05) is 13.7 Å². The van der Waals surface area contributed by atoms with Crippen molar-refractivity contribution in [1.29, 1.82) is 0 Å². The predicted octanol–water partition coefficient (Wildman–Crippen LogP) is 2.34. The molecule has 1 saturated heterocycles. The van der Waals surface area contributed by atoms with E-state index in [0.29, 0.717) is 12.3 Å². The molecule has 1 aliphatic heterocycles. The van der Waals surface area contributed by atoms with Gasteiger partial charge in [-0.05, 0) is 52.3 Å². The zero-order chi connectivity index (χ0) is 17.0. The molecule has 6 nitrogen and oxygen atoms in total. The van der Waals surface area contributed by atoms with Gasteiger partial charge in [-0.3, -0.25) is 9.69 Å². The Bertz CT molecular complexity index is 559. The SMILES string of the molecule is COC(=O)c1ccc(CN2CCCC[C@H]2C(=O)NC(C)(C)C)o1. The number of ether oxygens (including phenoxy) is 1. The fourth-order valence-corrected chi connectivity index (χ4v) is 2.80. The van der Waals surface area contributed by atoms with Crippen LogP contribution in [0.25, 0.3) is 0 Å². The molecule has 128 valence electrons. The van der Waals surface area contributed by atoms with E-state index in [2.05, 4.69) is 15.0 Å². The standard InChI is InChI=1S/C17H26N2O4/c1-17(2,3)18-15(20)13-7-5-6-10-19(13)11-12-8-9-14(23-12)16(21)22-4/h8-9,13H,5-7,10-11H2,1-4H3,(H,18,20)/t13-/m0/s1. The van der Waals surface area contributed by atoms with Crippen LogP contribution in [0.5, 0.6) is 0 Å². The van der Waals surface area contributed by atoms with E-state index in [0.717, 1.165) is 25.8 Å². The number of hydrogen-bond donors (Lipinski definition) is 1. The summed E-state index contributed by atoms with van der Waals surface area (Å²) in [4.78, 5) is 26.1. The lowest BCUT2D eigenvalue weighted by Crippen LogP contribution is -2.53. The Labute approximate surface area is 137 Å². The van der Waals surface area contributed by atoms with Crippen molar-refractivity contribution in [2.45, 2.75) is 58.2 Å². The number of carbonyl (C=O) groups is 2. The van der Waals surface area contributed by atoms with Crippen molar-refractivity contribution in [3.05, 3.63) is 23.7 Å². The molecule has 1 aliphatic rings. The lowest BCUT2D eigenvalue weighted by molar-refractivity contribution is -0.129. The number of carbonyl (C=O) groups excluding carboxylic acids is 2. The third-order valence-corrected chi connectivity index (χ3v) is 3.82. The lowest BCUT2D eigenvalue weighted by Gasteiger charge is -2.35. The summed E-state index contributed by atoms with van der Waals surface area (Å²) in [6.45, 7) is 7.30. The first-order chi connectivity index (χ1) is 10.8. The largest absolute Gasteiger partial charge is 0.463 e. The number of hydrogen-bond acceptors (Lipinski definition) is 5. The van der Waals surface area contributed by atoms with E-state index in [1.54, 1.807) is 12.1 Å². The van der Waals surface area contributed by atoms with Crippen molar-refractivity contribution < 1.29 is 18.7 Å². The summed E-state index contributed by atoms with van der Waals surface area (Å²) in [5.41, 5.74) is -0.247. The van der Waals surface area contributed by atoms with E-state index in [4.69, 9.17) is 4.42 Å². The second-order valence-electron chi connectivity index (χ2n) is 6.98. The van der Waals surface area contributed by atoms with Crippen LogP contribution in [0.15, 0.2) is 16.5 Å². The minimum Gasteiger partial charge on any atom is -0.463 e. The molecule has 0 aromatic carbocycles. The van der Waals surface area contributed by atoms with Gasteiger partial charge < -0.3 is 14.5 Å². The van der Waals surface area contributed by atoms with Gasteiger partial charge in [0.15, 0.2) is 0 Å². The fourth-order valence-electron chi connectivity index (χ4n) is 2.80. The average Bonchev–Trinajstić information content (AvgIpc) is 2.93. The number of likely N-dealkylation sites (tertiary alicyclic amines) is 1. The monoisotopic (exact) mass is 322 g/mol. The minimum absolute atomic E-state index is 0.0527.